The molecule has 3 aromatic rings. The summed E-state index contributed by atoms with van der Waals surface area (Å²) in [5, 5.41) is 9.00. The van der Waals surface area contributed by atoms with E-state index in [1.54, 1.807) is 36.4 Å². The summed E-state index contributed by atoms with van der Waals surface area (Å²) in [5.74, 6) is 0.267. The molecule has 42 heavy (non-hydrogen) atoms. The molecular formula is C30H35N5O6S. The fraction of sp³-hybridized carbons (Fsp3) is 0.267. The molecule has 0 atom stereocenters. The second-order valence-corrected chi connectivity index (χ2v) is 11.8. The van der Waals surface area contributed by atoms with Crippen LogP contribution in [0.5, 0.6) is 11.5 Å². The quantitative estimate of drug-likeness (QED) is 0.273. The van der Waals surface area contributed by atoms with E-state index in [0.717, 1.165) is 16.1 Å². The van der Waals surface area contributed by atoms with Gasteiger partial charge in [-0.2, -0.15) is 0 Å². The minimum atomic E-state index is -3.74. The zero-order chi connectivity index (χ0) is 30.4. The maximum Gasteiger partial charge on any atom is 0.258 e. The van der Waals surface area contributed by atoms with Gasteiger partial charge in [0.25, 0.3) is 5.91 Å². The topological polar surface area (TPSA) is 129 Å². The van der Waals surface area contributed by atoms with Gasteiger partial charge >= 0.3 is 0 Å². The standard InChI is InChI=1S/C30H35N5O6S/c1-34(2)16-15-31-27(36)19-35(42(5,38)39)22-13-11-21(12-14-22)32-29(20-9-7-6-8-10-20)28-23-17-25(40-3)26(41-4)18-24(23)33-30(28)37/h6-14,17-18,32H,15-16,19H2,1-5H3,(H,31,36)(H,33,37)/b29-28-. The Balaban J connectivity index is 1.68. The van der Waals surface area contributed by atoms with Crippen LogP contribution in [0.25, 0.3) is 11.3 Å². The van der Waals surface area contributed by atoms with Crippen LogP contribution in [0.3, 0.4) is 0 Å². The predicted octanol–water partition coefficient (Wildman–Crippen LogP) is 3.08. The summed E-state index contributed by atoms with van der Waals surface area (Å²) in [6.07, 6.45) is 1.06. The average molecular weight is 594 g/mol. The van der Waals surface area contributed by atoms with E-state index < -0.39 is 15.9 Å². The number of ether oxygens (including phenoxy) is 2. The largest absolute Gasteiger partial charge is 0.493 e. The summed E-state index contributed by atoms with van der Waals surface area (Å²) in [6.45, 7) is 0.687. The monoisotopic (exact) mass is 593 g/mol. The van der Waals surface area contributed by atoms with Crippen molar-refractivity contribution >= 4 is 50.2 Å². The van der Waals surface area contributed by atoms with Crippen LogP contribution in [0.4, 0.5) is 17.1 Å². The van der Waals surface area contributed by atoms with Gasteiger partial charge in [0.15, 0.2) is 11.5 Å². The third kappa shape index (κ3) is 7.01. The first-order chi connectivity index (χ1) is 20.0. The van der Waals surface area contributed by atoms with Gasteiger partial charge in [0.05, 0.1) is 43.1 Å². The number of hydrogen-bond acceptors (Lipinski definition) is 8. The van der Waals surface area contributed by atoms with Crippen molar-refractivity contribution in [2.75, 3.05) is 69.1 Å². The van der Waals surface area contributed by atoms with Crippen molar-refractivity contribution in [3.63, 3.8) is 0 Å². The molecule has 3 aromatic carbocycles. The predicted molar refractivity (Wildman–Crippen MR) is 165 cm³/mol. The molecule has 0 bridgehead atoms. The van der Waals surface area contributed by atoms with E-state index in [0.29, 0.717) is 58.5 Å². The van der Waals surface area contributed by atoms with E-state index in [4.69, 9.17) is 9.47 Å². The van der Waals surface area contributed by atoms with Crippen molar-refractivity contribution < 1.29 is 27.5 Å². The molecule has 0 radical (unpaired) electrons. The molecule has 4 rings (SSSR count). The Morgan fingerprint density at radius 3 is 2.19 bits per heavy atom. The number of benzene rings is 3. The Morgan fingerprint density at radius 2 is 1.60 bits per heavy atom. The highest BCUT2D eigenvalue weighted by Gasteiger charge is 2.30. The number of hydrogen-bond donors (Lipinski definition) is 3. The van der Waals surface area contributed by atoms with Crippen molar-refractivity contribution in [2.24, 2.45) is 0 Å². The van der Waals surface area contributed by atoms with Gasteiger partial charge in [-0.3, -0.25) is 13.9 Å². The molecule has 0 aromatic heterocycles. The summed E-state index contributed by atoms with van der Waals surface area (Å²) >= 11 is 0. The molecular weight excluding hydrogens is 558 g/mol. The van der Waals surface area contributed by atoms with Crippen LogP contribution >= 0.6 is 0 Å². The number of nitrogens with one attached hydrogen (secondary N) is 3. The summed E-state index contributed by atoms with van der Waals surface area (Å²) < 4.78 is 37.1. The van der Waals surface area contributed by atoms with Crippen molar-refractivity contribution in [3.05, 3.63) is 77.9 Å². The first-order valence-electron chi connectivity index (χ1n) is 13.2. The Labute approximate surface area is 246 Å². The summed E-state index contributed by atoms with van der Waals surface area (Å²) in [4.78, 5) is 27.7. The molecule has 0 fully saturated rings. The molecule has 11 nitrogen and oxygen atoms in total. The second-order valence-electron chi connectivity index (χ2n) is 9.92. The van der Waals surface area contributed by atoms with Gasteiger partial charge in [0.2, 0.25) is 15.9 Å². The van der Waals surface area contributed by atoms with Gasteiger partial charge in [-0.1, -0.05) is 30.3 Å². The number of carbonyl (C=O) groups is 2. The van der Waals surface area contributed by atoms with Crippen molar-refractivity contribution in [1.82, 2.24) is 10.2 Å². The lowest BCUT2D eigenvalue weighted by molar-refractivity contribution is -0.119. The van der Waals surface area contributed by atoms with Crippen LogP contribution in [0.1, 0.15) is 11.1 Å². The molecule has 1 aliphatic heterocycles. The average Bonchev–Trinajstić information content (AvgIpc) is 3.28. The van der Waals surface area contributed by atoms with E-state index in [9.17, 15) is 18.0 Å². The van der Waals surface area contributed by atoms with E-state index in [-0.39, 0.29) is 12.5 Å². The first kappa shape index (κ1) is 30.4. The van der Waals surface area contributed by atoms with E-state index in [1.165, 1.54) is 14.2 Å². The van der Waals surface area contributed by atoms with Crippen LogP contribution in [-0.4, -0.2) is 79.3 Å². The number of rotatable bonds is 12. The van der Waals surface area contributed by atoms with Crippen molar-refractivity contribution in [1.29, 1.82) is 0 Å². The number of carbonyl (C=O) groups excluding carboxylic acids is 2. The highest BCUT2D eigenvalue weighted by Crippen LogP contribution is 2.43. The number of nitrogens with zero attached hydrogens (tertiary/aromatic N) is 2. The molecule has 0 aliphatic carbocycles. The van der Waals surface area contributed by atoms with Gasteiger partial charge < -0.3 is 30.3 Å². The minimum absolute atomic E-state index is 0.299. The molecule has 0 spiro atoms. The summed E-state index contributed by atoms with van der Waals surface area (Å²) in [5.41, 5.74) is 3.90. The number of fused-ring (bicyclic) bond motifs is 1. The molecule has 3 N–H and O–H groups in total. The molecule has 222 valence electrons. The van der Waals surface area contributed by atoms with E-state index in [2.05, 4.69) is 16.0 Å². The Kier molecular flexibility index (Phi) is 9.38. The number of anilines is 3. The summed E-state index contributed by atoms with van der Waals surface area (Å²) in [7, 11) is 3.09. The molecule has 0 saturated carbocycles. The van der Waals surface area contributed by atoms with Crippen molar-refractivity contribution in [2.45, 2.75) is 0 Å². The highest BCUT2D eigenvalue weighted by atomic mass is 32.2. The van der Waals surface area contributed by atoms with Gasteiger partial charge in [0.1, 0.15) is 6.54 Å². The Morgan fingerprint density at radius 1 is 0.952 bits per heavy atom. The van der Waals surface area contributed by atoms with Crippen LogP contribution in [0.2, 0.25) is 0 Å². The fourth-order valence-corrected chi connectivity index (χ4v) is 5.35. The molecule has 2 amide bonds. The van der Waals surface area contributed by atoms with Gasteiger partial charge in [-0.15, -0.1) is 0 Å². The maximum absolute atomic E-state index is 13.3. The zero-order valence-electron chi connectivity index (χ0n) is 24.2. The number of sulfonamides is 1. The molecule has 1 heterocycles. The normalized spacial score (nSPS) is 13.7. The second kappa shape index (κ2) is 13.0. The lowest BCUT2D eigenvalue weighted by atomic mass is 9.99. The van der Waals surface area contributed by atoms with E-state index in [1.807, 2.05) is 49.3 Å². The van der Waals surface area contributed by atoms with E-state index >= 15 is 0 Å². The smallest absolute Gasteiger partial charge is 0.258 e. The van der Waals surface area contributed by atoms with Gasteiger partial charge in [-0.25, -0.2) is 8.42 Å². The lowest BCUT2D eigenvalue weighted by Gasteiger charge is -2.23. The van der Waals surface area contributed by atoms with Crippen molar-refractivity contribution in [3.8, 4) is 11.5 Å². The van der Waals surface area contributed by atoms with Crippen LogP contribution in [0, 0.1) is 0 Å². The maximum atomic E-state index is 13.3. The van der Waals surface area contributed by atoms with Crippen LogP contribution < -0.4 is 29.7 Å². The van der Waals surface area contributed by atoms with Gasteiger partial charge in [0, 0.05) is 30.4 Å². The first-order valence-corrected chi connectivity index (χ1v) is 15.0. The van der Waals surface area contributed by atoms with Crippen LogP contribution in [0.15, 0.2) is 66.7 Å². The van der Waals surface area contributed by atoms with Crippen LogP contribution in [-0.2, 0) is 19.6 Å². The summed E-state index contributed by atoms with van der Waals surface area (Å²) in [6, 6.07) is 19.5. The Bertz CT molecular complexity index is 1590. The minimum Gasteiger partial charge on any atom is -0.493 e. The SMILES string of the molecule is COc1cc2c(cc1OC)/C(=C(/Nc1ccc(N(CC(=O)NCCN(C)C)S(C)(=O)=O)cc1)c1ccccc1)C(=O)N2. The third-order valence-corrected chi connectivity index (χ3v) is 7.71. The zero-order valence-corrected chi connectivity index (χ0v) is 25.0. The molecule has 12 heteroatoms. The highest BCUT2D eigenvalue weighted by molar-refractivity contribution is 7.92. The lowest BCUT2D eigenvalue weighted by Crippen LogP contribution is -2.42. The fourth-order valence-electron chi connectivity index (χ4n) is 4.49. The third-order valence-electron chi connectivity index (χ3n) is 6.57. The molecule has 0 unspecified atom stereocenters. The molecule has 1 aliphatic rings. The number of amides is 2. The number of methoxy groups -OCH3 is 2. The van der Waals surface area contributed by atoms with Gasteiger partial charge in [-0.05, 0) is 50.0 Å². The molecule has 0 saturated heterocycles. The number of likely N-dealkylation sites (N-methyl/N-ethyl adjacent to an activating group) is 1. The Hall–Kier alpha value is -4.55.